The van der Waals surface area contributed by atoms with Crippen LogP contribution in [0, 0.1) is 0 Å². The maximum absolute atomic E-state index is 5.67. The third-order valence-electron chi connectivity index (χ3n) is 2.88. The molecule has 126 valence electrons. The highest BCUT2D eigenvalue weighted by Crippen LogP contribution is 2.25. The molecule has 3 aromatic rings. The summed E-state index contributed by atoms with van der Waals surface area (Å²) in [4.78, 5) is 8.45. The van der Waals surface area contributed by atoms with Crippen LogP contribution in [0.1, 0.15) is 27.7 Å². The van der Waals surface area contributed by atoms with Crippen LogP contribution >= 0.6 is 0 Å². The fourth-order valence-electron chi connectivity index (χ4n) is 2.00. The zero-order valence-corrected chi connectivity index (χ0v) is 14.5. The zero-order valence-electron chi connectivity index (χ0n) is 14.5. The predicted molar refractivity (Wildman–Crippen MR) is 96.6 cm³/mol. The second-order valence-electron chi connectivity index (χ2n) is 5.06. The molecular formula is C19H23N3O2. The van der Waals surface area contributed by atoms with E-state index < -0.39 is 0 Å². The summed E-state index contributed by atoms with van der Waals surface area (Å²) in [7, 11) is 0. The minimum Gasteiger partial charge on any atom is -0.491 e. The minimum atomic E-state index is 0.132. The topological polar surface area (TPSA) is 60.2 Å². The van der Waals surface area contributed by atoms with Crippen LogP contribution in [-0.4, -0.2) is 16.1 Å². The summed E-state index contributed by atoms with van der Waals surface area (Å²) in [5.74, 6) is 1.43. The molecule has 0 aliphatic carbocycles. The Morgan fingerprint density at radius 3 is 2.58 bits per heavy atom. The molecule has 2 heterocycles. The molecule has 3 rings (SSSR count). The first-order valence-electron chi connectivity index (χ1n) is 8.12. The molecule has 24 heavy (non-hydrogen) atoms. The Morgan fingerprint density at radius 1 is 1.04 bits per heavy atom. The van der Waals surface area contributed by atoms with Crippen LogP contribution in [0.25, 0.3) is 11.5 Å². The summed E-state index contributed by atoms with van der Waals surface area (Å²) in [6.45, 7) is 7.99. The smallest absolute Gasteiger partial charge is 0.299 e. The number of ether oxygens (including phenoxy) is 1. The molecular weight excluding hydrogens is 302 g/mol. The number of nitrogens with zero attached hydrogens (tertiary/aromatic N) is 2. The molecule has 1 aromatic carbocycles. The fraction of sp³-hybridized carbons (Fsp3) is 0.263. The van der Waals surface area contributed by atoms with E-state index in [1.807, 2.05) is 70.2 Å². The Balaban J connectivity index is 0.00000100. The van der Waals surface area contributed by atoms with Gasteiger partial charge in [0.15, 0.2) is 5.76 Å². The van der Waals surface area contributed by atoms with Gasteiger partial charge in [-0.2, -0.15) is 0 Å². The summed E-state index contributed by atoms with van der Waals surface area (Å²) < 4.78 is 11.3. The first-order valence-corrected chi connectivity index (χ1v) is 8.12. The molecule has 0 aliphatic rings. The second kappa shape index (κ2) is 8.72. The Labute approximate surface area is 142 Å². The summed E-state index contributed by atoms with van der Waals surface area (Å²) >= 11 is 0. The number of nitrogens with one attached hydrogen (secondary N) is 1. The maximum atomic E-state index is 5.67. The summed E-state index contributed by atoms with van der Waals surface area (Å²) in [5, 5.41) is 3.12. The molecule has 0 saturated heterocycles. The van der Waals surface area contributed by atoms with Gasteiger partial charge in [-0.15, -0.1) is 0 Å². The lowest BCUT2D eigenvalue weighted by molar-refractivity contribution is 0.242. The molecule has 0 bridgehead atoms. The van der Waals surface area contributed by atoms with Crippen molar-refractivity contribution in [2.75, 3.05) is 5.32 Å². The van der Waals surface area contributed by atoms with Crippen LogP contribution in [0.15, 0.2) is 59.3 Å². The highest BCUT2D eigenvalue weighted by molar-refractivity contribution is 5.58. The highest BCUT2D eigenvalue weighted by Gasteiger charge is 2.08. The summed E-state index contributed by atoms with van der Waals surface area (Å²) in [6.07, 6.45) is 3.50. The standard InChI is InChI=1S/C17H17N3O2.C2H6/c1-12(2)21-14-7-5-6-13(10-14)20-17-19-11-16(22-17)15-8-3-4-9-18-15;1-2/h3-12H,1-2H3,(H,19,20);1-2H3. The van der Waals surface area contributed by atoms with Crippen LogP contribution < -0.4 is 10.1 Å². The zero-order chi connectivity index (χ0) is 17.4. The predicted octanol–water partition coefficient (Wildman–Crippen LogP) is 5.29. The van der Waals surface area contributed by atoms with Crippen molar-refractivity contribution in [2.45, 2.75) is 33.8 Å². The van der Waals surface area contributed by atoms with Crippen molar-refractivity contribution in [3.8, 4) is 17.2 Å². The average Bonchev–Trinajstić information content (AvgIpc) is 3.06. The number of benzene rings is 1. The van der Waals surface area contributed by atoms with E-state index in [0.29, 0.717) is 11.8 Å². The Morgan fingerprint density at radius 2 is 1.88 bits per heavy atom. The first-order chi connectivity index (χ1) is 11.7. The number of rotatable bonds is 5. The third-order valence-corrected chi connectivity index (χ3v) is 2.88. The van der Waals surface area contributed by atoms with E-state index in [-0.39, 0.29) is 6.10 Å². The van der Waals surface area contributed by atoms with Crippen molar-refractivity contribution in [1.29, 1.82) is 0 Å². The van der Waals surface area contributed by atoms with Gasteiger partial charge in [0.05, 0.1) is 12.3 Å². The van der Waals surface area contributed by atoms with Gasteiger partial charge in [-0.05, 0) is 38.1 Å². The number of hydrogen-bond donors (Lipinski definition) is 1. The number of anilines is 2. The molecule has 0 aliphatic heterocycles. The highest BCUT2D eigenvalue weighted by atomic mass is 16.5. The molecule has 0 radical (unpaired) electrons. The quantitative estimate of drug-likeness (QED) is 0.690. The number of hydrogen-bond acceptors (Lipinski definition) is 5. The van der Waals surface area contributed by atoms with Gasteiger partial charge in [0.2, 0.25) is 0 Å². The molecule has 0 fully saturated rings. The molecule has 5 heteroatoms. The van der Waals surface area contributed by atoms with Crippen molar-refractivity contribution in [3.05, 3.63) is 54.9 Å². The molecule has 0 amide bonds. The lowest BCUT2D eigenvalue weighted by Gasteiger charge is -2.10. The van der Waals surface area contributed by atoms with E-state index in [9.17, 15) is 0 Å². The Bertz CT molecular complexity index is 739. The average molecular weight is 325 g/mol. The van der Waals surface area contributed by atoms with Crippen LogP contribution in [0.4, 0.5) is 11.7 Å². The van der Waals surface area contributed by atoms with Gasteiger partial charge in [0, 0.05) is 18.0 Å². The monoisotopic (exact) mass is 325 g/mol. The van der Waals surface area contributed by atoms with Gasteiger partial charge >= 0.3 is 0 Å². The largest absolute Gasteiger partial charge is 0.491 e. The normalized spacial score (nSPS) is 10.0. The molecule has 0 unspecified atom stereocenters. The molecule has 5 nitrogen and oxygen atoms in total. The maximum Gasteiger partial charge on any atom is 0.299 e. The van der Waals surface area contributed by atoms with E-state index in [2.05, 4.69) is 15.3 Å². The Kier molecular flexibility index (Phi) is 6.37. The summed E-state index contributed by atoms with van der Waals surface area (Å²) in [5.41, 5.74) is 1.60. The van der Waals surface area contributed by atoms with Gasteiger partial charge in [-0.3, -0.25) is 4.98 Å². The summed E-state index contributed by atoms with van der Waals surface area (Å²) in [6, 6.07) is 13.7. The van der Waals surface area contributed by atoms with Crippen LogP contribution in [-0.2, 0) is 0 Å². The van der Waals surface area contributed by atoms with Gasteiger partial charge in [0.25, 0.3) is 6.01 Å². The molecule has 0 spiro atoms. The lowest BCUT2D eigenvalue weighted by atomic mass is 10.3. The van der Waals surface area contributed by atoms with Crippen molar-refractivity contribution in [2.24, 2.45) is 0 Å². The molecule has 2 aromatic heterocycles. The van der Waals surface area contributed by atoms with E-state index in [1.165, 1.54) is 0 Å². The number of aromatic nitrogens is 2. The SMILES string of the molecule is CC.CC(C)Oc1cccc(Nc2ncc(-c3ccccn3)o2)c1. The molecule has 0 saturated carbocycles. The van der Waals surface area contributed by atoms with Crippen LogP contribution in [0.3, 0.4) is 0 Å². The number of pyridine rings is 1. The van der Waals surface area contributed by atoms with Gasteiger partial charge < -0.3 is 14.5 Å². The molecule has 0 atom stereocenters. The molecule has 1 N–H and O–H groups in total. The van der Waals surface area contributed by atoms with Gasteiger partial charge in [-0.1, -0.05) is 26.0 Å². The van der Waals surface area contributed by atoms with Gasteiger partial charge in [0.1, 0.15) is 11.4 Å². The van der Waals surface area contributed by atoms with Crippen molar-refractivity contribution in [1.82, 2.24) is 9.97 Å². The van der Waals surface area contributed by atoms with Crippen LogP contribution in [0.2, 0.25) is 0 Å². The fourth-order valence-corrected chi connectivity index (χ4v) is 2.00. The van der Waals surface area contributed by atoms with E-state index in [4.69, 9.17) is 9.15 Å². The Hall–Kier alpha value is -2.82. The minimum absolute atomic E-state index is 0.132. The second-order valence-corrected chi connectivity index (χ2v) is 5.06. The van der Waals surface area contributed by atoms with E-state index >= 15 is 0 Å². The first kappa shape index (κ1) is 17.5. The number of oxazole rings is 1. The van der Waals surface area contributed by atoms with E-state index in [0.717, 1.165) is 17.1 Å². The van der Waals surface area contributed by atoms with Crippen LogP contribution in [0.5, 0.6) is 5.75 Å². The van der Waals surface area contributed by atoms with Crippen molar-refractivity contribution < 1.29 is 9.15 Å². The van der Waals surface area contributed by atoms with E-state index in [1.54, 1.807) is 12.4 Å². The van der Waals surface area contributed by atoms with Crippen molar-refractivity contribution >= 4 is 11.7 Å². The van der Waals surface area contributed by atoms with Gasteiger partial charge in [-0.25, -0.2) is 4.98 Å². The third kappa shape index (κ3) is 4.84. The lowest BCUT2D eigenvalue weighted by Crippen LogP contribution is -2.05. The van der Waals surface area contributed by atoms with Crippen molar-refractivity contribution in [3.63, 3.8) is 0 Å².